The smallest absolute Gasteiger partial charge is 0.111 e. The summed E-state index contributed by atoms with van der Waals surface area (Å²) in [5, 5.41) is 49.3. The number of nitrogen functional groups attached to an aromatic ring is 1. The normalized spacial score (nSPS) is 15.5. The number of anilines is 3. The van der Waals surface area contributed by atoms with Crippen molar-refractivity contribution >= 4 is 42.3 Å². The molecule has 31 heavy (non-hydrogen) atoms. The molecule has 0 radical (unpaired) electrons. The first-order chi connectivity index (χ1) is 14.7. The summed E-state index contributed by atoms with van der Waals surface area (Å²) < 4.78 is 0. The molecule has 0 fully saturated rings. The Morgan fingerprint density at radius 3 is 1.97 bits per heavy atom. The molecule has 0 saturated heterocycles. The summed E-state index contributed by atoms with van der Waals surface area (Å²) in [5.41, 5.74) is 8.46. The number of likely N-dealkylation sites (N-methyl/N-ethyl adjacent to an activating group) is 1. The van der Waals surface area contributed by atoms with Gasteiger partial charge in [-0.05, 0) is 32.3 Å². The van der Waals surface area contributed by atoms with E-state index in [1.54, 1.807) is 6.07 Å². The van der Waals surface area contributed by atoms with Gasteiger partial charge in [-0.2, -0.15) is 25.3 Å². The zero-order valence-corrected chi connectivity index (χ0v) is 20.0. The molecule has 1 aromatic rings. The van der Waals surface area contributed by atoms with Crippen LogP contribution in [-0.4, -0.2) is 120 Å². The van der Waals surface area contributed by atoms with Crippen LogP contribution in [0.5, 0.6) is 0 Å². The lowest BCUT2D eigenvalue weighted by atomic mass is 10.0. The molecule has 0 bridgehead atoms. The van der Waals surface area contributed by atoms with Gasteiger partial charge in [0.25, 0.3) is 0 Å². The van der Waals surface area contributed by atoms with Crippen LogP contribution >= 0.6 is 25.3 Å². The Hall–Kier alpha value is -0.920. The van der Waals surface area contributed by atoms with Crippen LogP contribution in [0.15, 0.2) is 18.2 Å². The maximum atomic E-state index is 10.5. The molecule has 0 saturated carbocycles. The number of thiol groups is 2. The quantitative estimate of drug-likeness (QED) is 0.115. The molecular weight excluding hydrogens is 440 g/mol. The minimum Gasteiger partial charge on any atom is -0.397 e. The zero-order valence-electron chi connectivity index (χ0n) is 18.2. The van der Waals surface area contributed by atoms with Gasteiger partial charge < -0.3 is 46.0 Å². The topological polar surface area (TPSA) is 137 Å². The molecule has 0 spiro atoms. The molecule has 1 rings (SSSR count). The van der Waals surface area contributed by atoms with Crippen molar-refractivity contribution in [1.29, 1.82) is 0 Å². The number of aliphatic hydroxyl groups excluding tert-OH is 5. The summed E-state index contributed by atoms with van der Waals surface area (Å²) in [7, 11) is 3.86. The first-order valence-electron chi connectivity index (χ1n) is 10.2. The van der Waals surface area contributed by atoms with Crippen LogP contribution in [0.2, 0.25) is 0 Å². The molecule has 0 heterocycles. The standard InChI is InChI=1S/C20H38N4O5S2/c1-22(2)5-6-24(12-17(26)19(28)20(29)18(27)13-25)14-3-4-15(21)16(11-14)23(7-9-30)8-10-31/h3-4,11,17-20,25-31H,5-10,12-13,21H2,1-2H3. The van der Waals surface area contributed by atoms with Gasteiger partial charge in [-0.25, -0.2) is 0 Å². The Balaban J connectivity index is 3.16. The van der Waals surface area contributed by atoms with Gasteiger partial charge in [0.2, 0.25) is 0 Å². The third-order valence-electron chi connectivity index (χ3n) is 5.01. The molecule has 4 atom stereocenters. The Kier molecular flexibility index (Phi) is 12.9. The molecule has 0 aromatic heterocycles. The number of hydrogen-bond acceptors (Lipinski definition) is 11. The molecule has 0 aliphatic heterocycles. The van der Waals surface area contributed by atoms with Crippen molar-refractivity contribution in [2.75, 3.05) is 80.5 Å². The highest BCUT2D eigenvalue weighted by Crippen LogP contribution is 2.29. The van der Waals surface area contributed by atoms with Crippen molar-refractivity contribution < 1.29 is 25.5 Å². The Morgan fingerprint density at radius 1 is 0.871 bits per heavy atom. The minimum absolute atomic E-state index is 0.00666. The summed E-state index contributed by atoms with van der Waals surface area (Å²) in [6, 6.07) is 5.56. The van der Waals surface area contributed by atoms with Crippen molar-refractivity contribution in [3.05, 3.63) is 18.2 Å². The molecule has 0 amide bonds. The summed E-state index contributed by atoms with van der Waals surface area (Å²) >= 11 is 8.65. The maximum absolute atomic E-state index is 10.5. The summed E-state index contributed by atoms with van der Waals surface area (Å²) in [6.45, 7) is 1.90. The van der Waals surface area contributed by atoms with Crippen LogP contribution in [0.1, 0.15) is 0 Å². The van der Waals surface area contributed by atoms with Crippen molar-refractivity contribution in [3.63, 3.8) is 0 Å². The van der Waals surface area contributed by atoms with E-state index in [1.807, 2.05) is 36.0 Å². The van der Waals surface area contributed by atoms with Crippen molar-refractivity contribution in [3.8, 4) is 0 Å². The molecule has 180 valence electrons. The summed E-state index contributed by atoms with van der Waals surface area (Å²) in [5.74, 6) is 1.30. The van der Waals surface area contributed by atoms with E-state index in [9.17, 15) is 20.4 Å². The Bertz CT molecular complexity index is 638. The predicted molar refractivity (Wildman–Crippen MR) is 133 cm³/mol. The van der Waals surface area contributed by atoms with Gasteiger partial charge in [0.1, 0.15) is 18.3 Å². The number of nitrogens with zero attached hydrogens (tertiary/aromatic N) is 3. The SMILES string of the molecule is CN(C)CCN(CC(O)C(O)C(O)C(O)CO)c1ccc(N)c(N(CCS)CCS)c1. The second-order valence-corrected chi connectivity index (χ2v) is 8.62. The van der Waals surface area contributed by atoms with Crippen LogP contribution in [0.3, 0.4) is 0 Å². The van der Waals surface area contributed by atoms with Crippen LogP contribution in [0.25, 0.3) is 0 Å². The van der Waals surface area contributed by atoms with Gasteiger partial charge in [0.15, 0.2) is 0 Å². The van der Waals surface area contributed by atoms with Crippen LogP contribution in [0.4, 0.5) is 17.1 Å². The zero-order chi connectivity index (χ0) is 23.6. The van der Waals surface area contributed by atoms with Crippen LogP contribution in [-0.2, 0) is 0 Å². The third kappa shape index (κ3) is 8.85. The van der Waals surface area contributed by atoms with Gasteiger partial charge >= 0.3 is 0 Å². The Labute approximate surface area is 195 Å². The van der Waals surface area contributed by atoms with E-state index in [0.717, 1.165) is 11.4 Å². The van der Waals surface area contributed by atoms with E-state index in [0.29, 0.717) is 43.4 Å². The fourth-order valence-corrected chi connectivity index (χ4v) is 3.62. The Morgan fingerprint density at radius 2 is 1.45 bits per heavy atom. The van der Waals surface area contributed by atoms with Gasteiger partial charge in [-0.3, -0.25) is 0 Å². The maximum Gasteiger partial charge on any atom is 0.111 e. The molecule has 0 aliphatic carbocycles. The van der Waals surface area contributed by atoms with Gasteiger partial charge in [-0.1, -0.05) is 0 Å². The van der Waals surface area contributed by atoms with E-state index in [1.165, 1.54) is 0 Å². The lowest BCUT2D eigenvalue weighted by molar-refractivity contribution is -0.112. The van der Waals surface area contributed by atoms with Crippen LogP contribution in [0, 0.1) is 0 Å². The monoisotopic (exact) mass is 478 g/mol. The number of aliphatic hydroxyl groups is 5. The van der Waals surface area contributed by atoms with Gasteiger partial charge in [-0.15, -0.1) is 0 Å². The van der Waals surface area contributed by atoms with Crippen molar-refractivity contribution in [1.82, 2.24) is 4.90 Å². The predicted octanol–water partition coefficient (Wildman–Crippen LogP) is -1.26. The molecule has 1 aromatic carbocycles. The van der Waals surface area contributed by atoms with E-state index < -0.39 is 31.0 Å². The molecular formula is C20H38N4O5S2. The number of nitrogens with two attached hydrogens (primary N) is 1. The van der Waals surface area contributed by atoms with Crippen molar-refractivity contribution in [2.24, 2.45) is 0 Å². The van der Waals surface area contributed by atoms with E-state index >= 15 is 0 Å². The van der Waals surface area contributed by atoms with E-state index in [-0.39, 0.29) is 6.54 Å². The molecule has 4 unspecified atom stereocenters. The molecule has 9 nitrogen and oxygen atoms in total. The molecule has 0 aliphatic rings. The largest absolute Gasteiger partial charge is 0.397 e. The average Bonchev–Trinajstić information content (AvgIpc) is 2.75. The average molecular weight is 479 g/mol. The van der Waals surface area contributed by atoms with Crippen LogP contribution < -0.4 is 15.5 Å². The van der Waals surface area contributed by atoms with Gasteiger partial charge in [0, 0.05) is 49.9 Å². The highest BCUT2D eigenvalue weighted by molar-refractivity contribution is 7.80. The lowest BCUT2D eigenvalue weighted by Crippen LogP contribution is -2.50. The lowest BCUT2D eigenvalue weighted by Gasteiger charge is -2.33. The first-order valence-corrected chi connectivity index (χ1v) is 11.5. The molecule has 7 N–H and O–H groups in total. The highest BCUT2D eigenvalue weighted by atomic mass is 32.1. The number of hydrogen-bond donors (Lipinski definition) is 8. The second kappa shape index (κ2) is 14.3. The molecule has 11 heteroatoms. The summed E-state index contributed by atoms with van der Waals surface area (Å²) in [4.78, 5) is 5.97. The van der Waals surface area contributed by atoms with E-state index in [2.05, 4.69) is 30.2 Å². The second-order valence-electron chi connectivity index (χ2n) is 7.73. The highest BCUT2D eigenvalue weighted by Gasteiger charge is 2.31. The third-order valence-corrected chi connectivity index (χ3v) is 5.41. The van der Waals surface area contributed by atoms with E-state index in [4.69, 9.17) is 10.8 Å². The van der Waals surface area contributed by atoms with Gasteiger partial charge in [0.05, 0.1) is 24.1 Å². The fourth-order valence-electron chi connectivity index (χ4n) is 3.14. The van der Waals surface area contributed by atoms with Crippen molar-refractivity contribution in [2.45, 2.75) is 24.4 Å². The summed E-state index contributed by atoms with van der Waals surface area (Å²) in [6.07, 6.45) is -6.19. The first kappa shape index (κ1) is 28.1. The number of rotatable bonds is 15. The fraction of sp³-hybridized carbons (Fsp3) is 0.700. The number of benzene rings is 1. The minimum atomic E-state index is -1.67.